The second-order valence-electron chi connectivity index (χ2n) is 7.73. The number of rotatable bonds is 3. The van der Waals surface area contributed by atoms with Crippen LogP contribution in [0.15, 0.2) is 48.8 Å². The normalized spacial score (nSPS) is 14.0. The Bertz CT molecular complexity index is 1380. The van der Waals surface area contributed by atoms with E-state index in [1.807, 2.05) is 11.3 Å². The molecule has 0 bridgehead atoms. The number of benzene rings is 2. The van der Waals surface area contributed by atoms with Gasteiger partial charge >= 0.3 is 0 Å². The summed E-state index contributed by atoms with van der Waals surface area (Å²) in [5.41, 5.74) is 5.11. The molecule has 0 atom stereocenters. The number of nitrogens with one attached hydrogen (secondary N) is 1. The van der Waals surface area contributed by atoms with Gasteiger partial charge in [-0.2, -0.15) is 0 Å². The molecule has 1 N–H and O–H groups in total. The van der Waals surface area contributed by atoms with Crippen molar-refractivity contribution in [3.63, 3.8) is 0 Å². The van der Waals surface area contributed by atoms with E-state index in [1.165, 1.54) is 56.9 Å². The first-order valence-corrected chi connectivity index (χ1v) is 11.2. The van der Waals surface area contributed by atoms with E-state index in [0.29, 0.717) is 0 Å². The number of aromatic nitrogens is 3. The molecule has 144 valence electrons. The van der Waals surface area contributed by atoms with E-state index < -0.39 is 0 Å². The van der Waals surface area contributed by atoms with Gasteiger partial charge in [-0.3, -0.25) is 0 Å². The summed E-state index contributed by atoms with van der Waals surface area (Å²) in [6.07, 6.45) is 6.55. The van der Waals surface area contributed by atoms with Gasteiger partial charge < -0.3 is 9.88 Å². The van der Waals surface area contributed by atoms with Gasteiger partial charge in [0.15, 0.2) is 0 Å². The van der Waals surface area contributed by atoms with Crippen molar-refractivity contribution < 1.29 is 0 Å². The largest absolute Gasteiger partial charge is 0.341 e. The Morgan fingerprint density at radius 3 is 2.79 bits per heavy atom. The SMILES string of the molecule is CCn1c2ccccc2c2cc(Nc3ncnc4sc5c(c34)CCCC5)ccc21. The van der Waals surface area contributed by atoms with Crippen LogP contribution in [0.25, 0.3) is 32.0 Å². The van der Waals surface area contributed by atoms with Gasteiger partial charge in [-0.05, 0) is 62.4 Å². The van der Waals surface area contributed by atoms with Crippen molar-refractivity contribution in [2.75, 3.05) is 5.32 Å². The average Bonchev–Trinajstić information content (AvgIpc) is 3.29. The third-order valence-corrected chi connectivity index (χ3v) is 7.30. The van der Waals surface area contributed by atoms with Crippen molar-refractivity contribution in [1.29, 1.82) is 0 Å². The highest BCUT2D eigenvalue weighted by Gasteiger charge is 2.20. The van der Waals surface area contributed by atoms with Crippen molar-refractivity contribution in [1.82, 2.24) is 14.5 Å². The average molecular weight is 399 g/mol. The second kappa shape index (κ2) is 6.56. The Hall–Kier alpha value is -2.92. The number of hydrogen-bond donors (Lipinski definition) is 1. The lowest BCUT2D eigenvalue weighted by molar-refractivity contribution is 0.700. The fourth-order valence-corrected chi connectivity index (χ4v) is 6.02. The van der Waals surface area contributed by atoms with Crippen LogP contribution in [0.3, 0.4) is 0 Å². The predicted molar refractivity (Wildman–Crippen MR) is 122 cm³/mol. The van der Waals surface area contributed by atoms with Crippen molar-refractivity contribution in [2.24, 2.45) is 0 Å². The number of anilines is 2. The minimum absolute atomic E-state index is 0.938. The molecule has 0 unspecified atom stereocenters. The van der Waals surface area contributed by atoms with Gasteiger partial charge in [0.1, 0.15) is 17.0 Å². The molecule has 0 spiro atoms. The zero-order chi connectivity index (χ0) is 19.4. The molecule has 0 fully saturated rings. The van der Waals surface area contributed by atoms with Gasteiger partial charge in [0.05, 0.1) is 5.39 Å². The van der Waals surface area contributed by atoms with Crippen molar-refractivity contribution in [3.05, 3.63) is 59.2 Å². The number of fused-ring (bicyclic) bond motifs is 6. The minimum atomic E-state index is 0.938. The highest BCUT2D eigenvalue weighted by Crippen LogP contribution is 2.39. The van der Waals surface area contributed by atoms with Crippen molar-refractivity contribution >= 4 is 54.9 Å². The molecule has 6 rings (SSSR count). The Kier molecular flexibility index (Phi) is 3.84. The molecule has 5 aromatic rings. The Morgan fingerprint density at radius 1 is 1.00 bits per heavy atom. The van der Waals surface area contributed by atoms with E-state index in [2.05, 4.69) is 69.2 Å². The lowest BCUT2D eigenvalue weighted by Gasteiger charge is -2.12. The van der Waals surface area contributed by atoms with Gasteiger partial charge in [0.2, 0.25) is 0 Å². The van der Waals surface area contributed by atoms with Crippen LogP contribution < -0.4 is 5.32 Å². The highest BCUT2D eigenvalue weighted by molar-refractivity contribution is 7.19. The maximum atomic E-state index is 4.63. The molecule has 4 nitrogen and oxygen atoms in total. The van der Waals surface area contributed by atoms with E-state index in [9.17, 15) is 0 Å². The molecule has 29 heavy (non-hydrogen) atoms. The van der Waals surface area contributed by atoms with Gasteiger partial charge in [0, 0.05) is 38.9 Å². The molecule has 0 saturated heterocycles. The van der Waals surface area contributed by atoms with Crippen LogP contribution in [0.4, 0.5) is 11.5 Å². The summed E-state index contributed by atoms with van der Waals surface area (Å²) in [5.74, 6) is 0.938. The molecule has 0 amide bonds. The van der Waals surface area contributed by atoms with Crippen LogP contribution in [-0.2, 0) is 19.4 Å². The lowest BCUT2D eigenvalue weighted by atomic mass is 9.97. The summed E-state index contributed by atoms with van der Waals surface area (Å²) in [5, 5.41) is 7.42. The summed E-state index contributed by atoms with van der Waals surface area (Å²) in [7, 11) is 0. The fraction of sp³-hybridized carbons (Fsp3) is 0.250. The van der Waals surface area contributed by atoms with Gasteiger partial charge in [0.25, 0.3) is 0 Å². The molecule has 1 aliphatic rings. The number of hydrogen-bond acceptors (Lipinski definition) is 4. The Labute approximate surface area is 173 Å². The summed E-state index contributed by atoms with van der Waals surface area (Å²) < 4.78 is 2.38. The second-order valence-corrected chi connectivity index (χ2v) is 8.82. The lowest BCUT2D eigenvalue weighted by Crippen LogP contribution is -2.01. The smallest absolute Gasteiger partial charge is 0.142 e. The zero-order valence-electron chi connectivity index (χ0n) is 16.4. The van der Waals surface area contributed by atoms with Crippen molar-refractivity contribution in [3.8, 4) is 0 Å². The first-order chi connectivity index (χ1) is 14.3. The first-order valence-electron chi connectivity index (χ1n) is 10.4. The quantitative estimate of drug-likeness (QED) is 0.380. The Morgan fingerprint density at radius 2 is 1.86 bits per heavy atom. The van der Waals surface area contributed by atoms with Crippen LogP contribution in [0, 0.1) is 0 Å². The maximum absolute atomic E-state index is 4.63. The molecule has 3 aromatic heterocycles. The molecule has 0 saturated carbocycles. The summed E-state index contributed by atoms with van der Waals surface area (Å²) in [6.45, 7) is 3.17. The van der Waals surface area contributed by atoms with Crippen LogP contribution >= 0.6 is 11.3 Å². The number of aryl methyl sites for hydroxylation is 3. The third kappa shape index (κ3) is 2.57. The fourth-order valence-electron chi connectivity index (χ4n) is 4.79. The maximum Gasteiger partial charge on any atom is 0.142 e. The van der Waals surface area contributed by atoms with E-state index in [4.69, 9.17) is 0 Å². The molecular weight excluding hydrogens is 376 g/mol. The summed E-state index contributed by atoms with van der Waals surface area (Å²) in [4.78, 5) is 11.8. The summed E-state index contributed by atoms with van der Waals surface area (Å²) >= 11 is 1.84. The molecular formula is C24H22N4S. The van der Waals surface area contributed by atoms with Crippen molar-refractivity contribution in [2.45, 2.75) is 39.2 Å². The topological polar surface area (TPSA) is 42.7 Å². The Balaban J connectivity index is 1.50. The number of nitrogens with zero attached hydrogens (tertiary/aromatic N) is 3. The third-order valence-electron chi connectivity index (χ3n) is 6.10. The number of thiophene rings is 1. The van der Waals surface area contributed by atoms with E-state index in [1.54, 1.807) is 6.33 Å². The van der Waals surface area contributed by atoms with E-state index >= 15 is 0 Å². The van der Waals surface area contributed by atoms with Crippen LogP contribution in [-0.4, -0.2) is 14.5 Å². The van der Waals surface area contributed by atoms with Crippen LogP contribution in [0.2, 0.25) is 0 Å². The molecule has 0 aliphatic heterocycles. The molecule has 1 aliphatic carbocycles. The first kappa shape index (κ1) is 17.0. The minimum Gasteiger partial charge on any atom is -0.341 e. The zero-order valence-corrected chi connectivity index (χ0v) is 17.2. The van der Waals surface area contributed by atoms with Gasteiger partial charge in [-0.1, -0.05) is 18.2 Å². The van der Waals surface area contributed by atoms with Crippen LogP contribution in [0.1, 0.15) is 30.2 Å². The monoisotopic (exact) mass is 398 g/mol. The summed E-state index contributed by atoms with van der Waals surface area (Å²) in [6, 6.07) is 15.3. The predicted octanol–water partition coefficient (Wildman–Crippen LogP) is 6.44. The standard InChI is InChI=1S/C24H22N4S/c1-2-28-19-9-5-3-7-16(19)18-13-15(11-12-20(18)28)27-23-22-17-8-4-6-10-21(17)29-24(22)26-14-25-23/h3,5,7,9,11-14H,2,4,6,8,10H2,1H3,(H,25,26,27). The number of para-hydroxylation sites is 1. The molecule has 5 heteroatoms. The highest BCUT2D eigenvalue weighted by atomic mass is 32.1. The molecule has 3 heterocycles. The molecule has 0 radical (unpaired) electrons. The van der Waals surface area contributed by atoms with Gasteiger partial charge in [-0.25, -0.2) is 9.97 Å². The van der Waals surface area contributed by atoms with Gasteiger partial charge in [-0.15, -0.1) is 11.3 Å². The van der Waals surface area contributed by atoms with E-state index in [-0.39, 0.29) is 0 Å². The van der Waals surface area contributed by atoms with Crippen LogP contribution in [0.5, 0.6) is 0 Å². The molecule has 2 aromatic carbocycles. The van der Waals surface area contributed by atoms with E-state index in [0.717, 1.165) is 29.3 Å².